The van der Waals surface area contributed by atoms with Crippen LogP contribution in [-0.2, 0) is 0 Å². The smallest absolute Gasteiger partial charge is 0.0621 e. The predicted octanol–water partition coefficient (Wildman–Crippen LogP) is 1.35. The lowest BCUT2D eigenvalue weighted by Crippen LogP contribution is -2.58. The average molecular weight is 183 g/mol. The van der Waals surface area contributed by atoms with Crippen LogP contribution in [0, 0.1) is 17.8 Å². The van der Waals surface area contributed by atoms with E-state index in [4.69, 9.17) is 0 Å². The van der Waals surface area contributed by atoms with Crippen molar-refractivity contribution in [1.82, 2.24) is 4.90 Å². The van der Waals surface area contributed by atoms with E-state index in [0.29, 0.717) is 11.8 Å². The summed E-state index contributed by atoms with van der Waals surface area (Å²) in [4.78, 5) is 2.53. The fourth-order valence-corrected chi connectivity index (χ4v) is 2.58. The molecule has 2 bridgehead atoms. The van der Waals surface area contributed by atoms with E-state index >= 15 is 0 Å². The van der Waals surface area contributed by atoms with Crippen LogP contribution in [0.2, 0.25) is 0 Å². The van der Waals surface area contributed by atoms with Crippen molar-refractivity contribution in [2.75, 3.05) is 19.6 Å². The number of nitrogens with zero attached hydrogens (tertiary/aromatic N) is 1. The van der Waals surface area contributed by atoms with Crippen LogP contribution < -0.4 is 0 Å². The molecule has 2 nitrogen and oxygen atoms in total. The third kappa shape index (κ3) is 1.89. The summed E-state index contributed by atoms with van der Waals surface area (Å²) >= 11 is 0. The van der Waals surface area contributed by atoms with Crippen LogP contribution in [0.4, 0.5) is 0 Å². The van der Waals surface area contributed by atoms with E-state index in [1.807, 2.05) is 0 Å². The van der Waals surface area contributed by atoms with E-state index < -0.39 is 0 Å². The Morgan fingerprint density at radius 1 is 1.31 bits per heavy atom. The van der Waals surface area contributed by atoms with E-state index in [1.165, 1.54) is 19.4 Å². The molecule has 1 unspecified atom stereocenters. The SMILES string of the molecule is CC(C)CCN1C[C@H]2C[C@@H](C1)C2O. The van der Waals surface area contributed by atoms with E-state index in [-0.39, 0.29) is 6.10 Å². The van der Waals surface area contributed by atoms with Gasteiger partial charge >= 0.3 is 0 Å². The zero-order valence-electron chi connectivity index (χ0n) is 8.74. The Bertz CT molecular complexity index is 169. The largest absolute Gasteiger partial charge is 0.392 e. The number of fused-ring (bicyclic) bond motifs is 2. The van der Waals surface area contributed by atoms with Crippen molar-refractivity contribution >= 4 is 0 Å². The molecule has 3 rings (SSSR count). The molecular formula is C11H21NO. The van der Waals surface area contributed by atoms with Crippen molar-refractivity contribution in [2.45, 2.75) is 32.8 Å². The molecule has 0 amide bonds. The summed E-state index contributed by atoms with van der Waals surface area (Å²) in [5.41, 5.74) is 0. The molecule has 0 radical (unpaired) electrons. The normalized spacial score (nSPS) is 39.2. The second-order valence-corrected chi connectivity index (χ2v) is 5.19. The van der Waals surface area contributed by atoms with E-state index in [2.05, 4.69) is 18.7 Å². The molecule has 0 aromatic carbocycles. The van der Waals surface area contributed by atoms with Gasteiger partial charge < -0.3 is 10.0 Å². The van der Waals surface area contributed by atoms with Crippen LogP contribution in [-0.4, -0.2) is 35.7 Å². The van der Waals surface area contributed by atoms with Crippen molar-refractivity contribution in [1.29, 1.82) is 0 Å². The van der Waals surface area contributed by atoms with Gasteiger partial charge in [-0.05, 0) is 37.1 Å². The van der Waals surface area contributed by atoms with Crippen molar-refractivity contribution in [2.24, 2.45) is 17.8 Å². The van der Waals surface area contributed by atoms with Gasteiger partial charge in [-0.2, -0.15) is 0 Å². The minimum atomic E-state index is 0.0373. The van der Waals surface area contributed by atoms with E-state index in [0.717, 1.165) is 19.0 Å². The standard InChI is InChI=1S/C11H21NO/c1-8(2)3-4-12-6-9-5-10(7-12)11(9)13/h8-11,13H,3-7H2,1-2H3/t9-,10+,11?. The summed E-state index contributed by atoms with van der Waals surface area (Å²) in [7, 11) is 0. The first kappa shape index (κ1) is 9.47. The molecule has 1 saturated carbocycles. The van der Waals surface area contributed by atoms with Gasteiger partial charge in [0.25, 0.3) is 0 Å². The molecule has 76 valence electrons. The number of hydrogen-bond donors (Lipinski definition) is 1. The van der Waals surface area contributed by atoms with Crippen LogP contribution in [0.1, 0.15) is 26.7 Å². The first-order valence-corrected chi connectivity index (χ1v) is 5.57. The third-order valence-electron chi connectivity index (χ3n) is 3.58. The summed E-state index contributed by atoms with van der Waals surface area (Å²) in [6, 6.07) is 0. The van der Waals surface area contributed by atoms with Gasteiger partial charge in [-0.1, -0.05) is 13.8 Å². The van der Waals surface area contributed by atoms with Crippen LogP contribution in [0.5, 0.6) is 0 Å². The van der Waals surface area contributed by atoms with Crippen LogP contribution in [0.25, 0.3) is 0 Å². The Morgan fingerprint density at radius 3 is 2.38 bits per heavy atom. The molecule has 13 heavy (non-hydrogen) atoms. The summed E-state index contributed by atoms with van der Waals surface area (Å²) in [6.07, 6.45) is 2.62. The van der Waals surface area contributed by atoms with Gasteiger partial charge in [0.1, 0.15) is 0 Å². The van der Waals surface area contributed by atoms with E-state index in [9.17, 15) is 5.11 Å². The van der Waals surface area contributed by atoms with Crippen LogP contribution >= 0.6 is 0 Å². The second-order valence-electron chi connectivity index (χ2n) is 5.19. The van der Waals surface area contributed by atoms with Crippen molar-refractivity contribution in [3.8, 4) is 0 Å². The highest BCUT2D eigenvalue weighted by Gasteiger charge is 2.45. The lowest BCUT2D eigenvalue weighted by Gasteiger charge is -2.51. The number of hydrogen-bond acceptors (Lipinski definition) is 2. The van der Waals surface area contributed by atoms with E-state index in [1.54, 1.807) is 0 Å². The molecule has 3 fully saturated rings. The number of rotatable bonds is 3. The fraction of sp³-hybridized carbons (Fsp3) is 1.00. The maximum absolute atomic E-state index is 9.60. The van der Waals surface area contributed by atoms with Gasteiger partial charge in [-0.3, -0.25) is 0 Å². The Balaban J connectivity index is 1.73. The molecule has 0 aromatic heterocycles. The van der Waals surface area contributed by atoms with Gasteiger partial charge in [0, 0.05) is 13.1 Å². The van der Waals surface area contributed by atoms with Crippen LogP contribution in [0.15, 0.2) is 0 Å². The lowest BCUT2D eigenvalue weighted by molar-refractivity contribution is -0.107. The maximum atomic E-state index is 9.60. The predicted molar refractivity (Wildman–Crippen MR) is 53.5 cm³/mol. The minimum Gasteiger partial charge on any atom is -0.392 e. The molecule has 1 N–H and O–H groups in total. The van der Waals surface area contributed by atoms with Gasteiger partial charge in [-0.15, -0.1) is 0 Å². The zero-order chi connectivity index (χ0) is 9.42. The molecule has 0 aromatic rings. The summed E-state index contributed by atoms with van der Waals surface area (Å²) in [6.45, 7) is 8.07. The van der Waals surface area contributed by atoms with Crippen molar-refractivity contribution in [3.05, 3.63) is 0 Å². The molecule has 0 spiro atoms. The number of piperidine rings is 2. The first-order valence-electron chi connectivity index (χ1n) is 5.57. The molecule has 2 aliphatic heterocycles. The molecule has 1 aliphatic carbocycles. The molecular weight excluding hydrogens is 162 g/mol. The highest BCUT2D eigenvalue weighted by Crippen LogP contribution is 2.39. The summed E-state index contributed by atoms with van der Waals surface area (Å²) in [5.74, 6) is 2.01. The second kappa shape index (κ2) is 3.58. The molecule has 2 heteroatoms. The molecule has 2 saturated heterocycles. The highest BCUT2D eigenvalue weighted by molar-refractivity contribution is 4.97. The third-order valence-corrected chi connectivity index (χ3v) is 3.58. The van der Waals surface area contributed by atoms with Crippen molar-refractivity contribution < 1.29 is 5.11 Å². The summed E-state index contributed by atoms with van der Waals surface area (Å²) in [5, 5.41) is 9.60. The zero-order valence-corrected chi connectivity index (χ0v) is 8.74. The Kier molecular flexibility index (Phi) is 2.61. The van der Waals surface area contributed by atoms with Gasteiger partial charge in [-0.25, -0.2) is 0 Å². The molecule has 3 aliphatic rings. The Labute approximate surface area is 80.9 Å². The monoisotopic (exact) mass is 183 g/mol. The summed E-state index contributed by atoms with van der Waals surface area (Å²) < 4.78 is 0. The Hall–Kier alpha value is -0.0800. The molecule has 3 atom stereocenters. The van der Waals surface area contributed by atoms with Crippen LogP contribution in [0.3, 0.4) is 0 Å². The number of aliphatic hydroxyl groups excluding tert-OH is 1. The first-order chi connectivity index (χ1) is 6.16. The maximum Gasteiger partial charge on any atom is 0.0621 e. The number of aliphatic hydroxyl groups is 1. The average Bonchev–Trinajstić information content (AvgIpc) is 2.14. The minimum absolute atomic E-state index is 0.0373. The van der Waals surface area contributed by atoms with Gasteiger partial charge in [0.2, 0.25) is 0 Å². The highest BCUT2D eigenvalue weighted by atomic mass is 16.3. The quantitative estimate of drug-likeness (QED) is 0.714. The van der Waals surface area contributed by atoms with Gasteiger partial charge in [0.15, 0.2) is 0 Å². The Morgan fingerprint density at radius 2 is 1.92 bits per heavy atom. The fourth-order valence-electron chi connectivity index (χ4n) is 2.58. The van der Waals surface area contributed by atoms with Gasteiger partial charge in [0.05, 0.1) is 6.10 Å². The topological polar surface area (TPSA) is 23.5 Å². The lowest BCUT2D eigenvalue weighted by atomic mass is 9.68. The molecule has 2 heterocycles. The van der Waals surface area contributed by atoms with Crippen molar-refractivity contribution in [3.63, 3.8) is 0 Å².